The number of amides is 1. The van der Waals surface area contributed by atoms with E-state index < -0.39 is 11.6 Å². The number of ether oxygens (including phenoxy) is 1. The molecule has 176 valence electrons. The Morgan fingerprint density at radius 3 is 2.70 bits per heavy atom. The number of oxazole rings is 1. The van der Waals surface area contributed by atoms with Crippen LogP contribution >= 0.6 is 0 Å². The summed E-state index contributed by atoms with van der Waals surface area (Å²) in [7, 11) is 0. The van der Waals surface area contributed by atoms with Gasteiger partial charge in [0.25, 0.3) is 0 Å². The molecule has 8 heteroatoms. The summed E-state index contributed by atoms with van der Waals surface area (Å²) in [4.78, 5) is 18.7. The molecule has 1 amide bonds. The van der Waals surface area contributed by atoms with Crippen molar-refractivity contribution in [3.8, 4) is 17.1 Å². The van der Waals surface area contributed by atoms with Crippen LogP contribution in [0.4, 0.5) is 8.78 Å². The molecule has 0 aliphatic heterocycles. The zero-order chi connectivity index (χ0) is 23.6. The number of rotatable bonds is 12. The third kappa shape index (κ3) is 7.12. The minimum atomic E-state index is -0.728. The third-order valence-electron chi connectivity index (χ3n) is 5.32. The lowest BCUT2D eigenvalue weighted by Gasteiger charge is -2.19. The van der Waals surface area contributed by atoms with E-state index in [2.05, 4.69) is 29.0 Å². The van der Waals surface area contributed by atoms with Crippen LogP contribution in [0.1, 0.15) is 31.7 Å². The molecule has 0 unspecified atom stereocenters. The normalized spacial score (nSPS) is 11.1. The van der Waals surface area contributed by atoms with Crippen LogP contribution in [-0.2, 0) is 17.8 Å². The lowest BCUT2D eigenvalue weighted by atomic mass is 10.2. The highest BCUT2D eigenvalue weighted by Crippen LogP contribution is 2.24. The summed E-state index contributed by atoms with van der Waals surface area (Å²) in [6.07, 6.45) is 1.79. The van der Waals surface area contributed by atoms with Crippen molar-refractivity contribution >= 4 is 5.91 Å². The summed E-state index contributed by atoms with van der Waals surface area (Å²) in [5, 5.41) is 2.88. The molecule has 1 heterocycles. The maximum atomic E-state index is 13.9. The van der Waals surface area contributed by atoms with E-state index in [1.165, 1.54) is 12.3 Å². The van der Waals surface area contributed by atoms with Crippen LogP contribution in [0.25, 0.3) is 11.3 Å². The van der Waals surface area contributed by atoms with Crippen LogP contribution in [0.15, 0.2) is 53.1 Å². The average Bonchev–Trinajstić information content (AvgIpc) is 3.28. The predicted octanol–water partition coefficient (Wildman–Crippen LogP) is 4.59. The van der Waals surface area contributed by atoms with Crippen molar-refractivity contribution in [2.75, 3.05) is 26.2 Å². The smallest absolute Gasteiger partial charge is 0.220 e. The Balaban J connectivity index is 1.48. The Kier molecular flexibility index (Phi) is 8.95. The van der Waals surface area contributed by atoms with Gasteiger partial charge < -0.3 is 19.4 Å². The first-order valence-electron chi connectivity index (χ1n) is 11.1. The van der Waals surface area contributed by atoms with Crippen molar-refractivity contribution in [2.45, 2.75) is 33.2 Å². The van der Waals surface area contributed by atoms with E-state index in [1.807, 2.05) is 24.3 Å². The van der Waals surface area contributed by atoms with Crippen LogP contribution in [-0.4, -0.2) is 42.0 Å². The number of para-hydroxylation sites is 1. The monoisotopic (exact) mass is 457 g/mol. The van der Waals surface area contributed by atoms with Crippen LogP contribution < -0.4 is 10.1 Å². The second-order valence-electron chi connectivity index (χ2n) is 7.50. The van der Waals surface area contributed by atoms with Crippen LogP contribution in [0.3, 0.4) is 0 Å². The SMILES string of the molecule is CCN(CC)CCOc1ccccc1CNC(=O)CCc1ncc(-c2ccc(F)cc2F)o1. The maximum Gasteiger partial charge on any atom is 0.220 e. The van der Waals surface area contributed by atoms with Crippen molar-refractivity contribution in [1.29, 1.82) is 0 Å². The molecule has 0 aliphatic rings. The number of nitrogens with zero attached hydrogens (tertiary/aromatic N) is 2. The van der Waals surface area contributed by atoms with Gasteiger partial charge in [-0.15, -0.1) is 0 Å². The Morgan fingerprint density at radius 2 is 1.94 bits per heavy atom. The number of hydrogen-bond donors (Lipinski definition) is 1. The van der Waals surface area contributed by atoms with E-state index in [9.17, 15) is 13.6 Å². The molecule has 0 bridgehead atoms. The highest BCUT2D eigenvalue weighted by atomic mass is 19.1. The molecule has 6 nitrogen and oxygen atoms in total. The first-order valence-corrected chi connectivity index (χ1v) is 11.1. The van der Waals surface area contributed by atoms with E-state index in [4.69, 9.17) is 9.15 Å². The van der Waals surface area contributed by atoms with Crippen LogP contribution in [0.5, 0.6) is 5.75 Å². The molecule has 2 aromatic carbocycles. The van der Waals surface area contributed by atoms with Gasteiger partial charge in [-0.1, -0.05) is 32.0 Å². The molecule has 0 saturated heterocycles. The molecule has 3 rings (SSSR count). The van der Waals surface area contributed by atoms with Gasteiger partial charge in [0.05, 0.1) is 11.8 Å². The summed E-state index contributed by atoms with van der Waals surface area (Å²) >= 11 is 0. The second-order valence-corrected chi connectivity index (χ2v) is 7.50. The molecule has 0 atom stereocenters. The summed E-state index contributed by atoms with van der Waals surface area (Å²) in [6.45, 7) is 7.95. The summed E-state index contributed by atoms with van der Waals surface area (Å²) in [6, 6.07) is 10.9. The van der Waals surface area contributed by atoms with E-state index >= 15 is 0 Å². The molecule has 0 radical (unpaired) electrons. The van der Waals surface area contributed by atoms with Gasteiger partial charge in [0.1, 0.15) is 24.0 Å². The quantitative estimate of drug-likeness (QED) is 0.431. The predicted molar refractivity (Wildman–Crippen MR) is 122 cm³/mol. The Labute approximate surface area is 192 Å². The highest BCUT2D eigenvalue weighted by Gasteiger charge is 2.13. The van der Waals surface area contributed by atoms with E-state index in [1.54, 1.807) is 0 Å². The maximum absolute atomic E-state index is 13.9. The Hall–Kier alpha value is -3.26. The zero-order valence-electron chi connectivity index (χ0n) is 18.9. The average molecular weight is 458 g/mol. The molecular weight excluding hydrogens is 428 g/mol. The topological polar surface area (TPSA) is 67.6 Å². The first-order chi connectivity index (χ1) is 16.0. The van der Waals surface area contributed by atoms with Crippen LogP contribution in [0.2, 0.25) is 0 Å². The number of benzene rings is 2. The van der Waals surface area contributed by atoms with Gasteiger partial charge in [-0.2, -0.15) is 0 Å². The number of halogens is 2. The summed E-state index contributed by atoms with van der Waals surface area (Å²) < 4.78 is 38.4. The van der Waals surface area contributed by atoms with Gasteiger partial charge in [-0.3, -0.25) is 4.79 Å². The lowest BCUT2D eigenvalue weighted by molar-refractivity contribution is -0.121. The number of aryl methyl sites for hydroxylation is 1. The largest absolute Gasteiger partial charge is 0.492 e. The summed E-state index contributed by atoms with van der Waals surface area (Å²) in [5.41, 5.74) is 1.02. The van der Waals surface area contributed by atoms with Crippen molar-refractivity contribution < 1.29 is 22.7 Å². The van der Waals surface area contributed by atoms with Crippen molar-refractivity contribution in [2.24, 2.45) is 0 Å². The second kappa shape index (κ2) is 12.1. The molecule has 1 aromatic heterocycles. The molecule has 3 aromatic rings. The van der Waals surface area contributed by atoms with Gasteiger partial charge in [0, 0.05) is 37.6 Å². The Morgan fingerprint density at radius 1 is 1.15 bits per heavy atom. The van der Waals surface area contributed by atoms with Crippen molar-refractivity contribution in [3.05, 3.63) is 71.8 Å². The minimum absolute atomic E-state index is 0.122. The van der Waals surface area contributed by atoms with Gasteiger partial charge in [0.2, 0.25) is 5.91 Å². The van der Waals surface area contributed by atoms with Gasteiger partial charge in [-0.05, 0) is 31.3 Å². The molecule has 0 aliphatic carbocycles. The number of likely N-dealkylation sites (N-methyl/N-ethyl adjacent to an activating group) is 1. The van der Waals surface area contributed by atoms with E-state index in [-0.39, 0.29) is 30.1 Å². The van der Waals surface area contributed by atoms with E-state index in [0.29, 0.717) is 19.0 Å². The highest BCUT2D eigenvalue weighted by molar-refractivity contribution is 5.76. The van der Waals surface area contributed by atoms with Crippen molar-refractivity contribution in [3.63, 3.8) is 0 Å². The fourth-order valence-electron chi connectivity index (χ4n) is 3.36. The molecule has 1 N–H and O–H groups in total. The van der Waals surface area contributed by atoms with Crippen LogP contribution in [0, 0.1) is 11.6 Å². The summed E-state index contributed by atoms with van der Waals surface area (Å²) in [5.74, 6) is -0.302. The van der Waals surface area contributed by atoms with Crippen molar-refractivity contribution in [1.82, 2.24) is 15.2 Å². The molecule has 33 heavy (non-hydrogen) atoms. The minimum Gasteiger partial charge on any atom is -0.492 e. The number of nitrogens with one attached hydrogen (secondary N) is 1. The van der Waals surface area contributed by atoms with Gasteiger partial charge in [0.15, 0.2) is 11.7 Å². The number of aromatic nitrogens is 1. The van der Waals surface area contributed by atoms with Gasteiger partial charge >= 0.3 is 0 Å². The number of carbonyl (C=O) groups excluding carboxylic acids is 1. The molecule has 0 fully saturated rings. The fourth-order valence-corrected chi connectivity index (χ4v) is 3.36. The molecule has 0 saturated carbocycles. The van der Waals surface area contributed by atoms with E-state index in [0.717, 1.165) is 43.1 Å². The molecular formula is C25H29F2N3O3. The third-order valence-corrected chi connectivity index (χ3v) is 5.32. The van der Waals surface area contributed by atoms with Gasteiger partial charge in [-0.25, -0.2) is 13.8 Å². The zero-order valence-corrected chi connectivity index (χ0v) is 18.9. The standard InChI is InChI=1S/C25H29F2N3O3/c1-3-30(4-2)13-14-32-22-8-6-5-7-18(22)16-28-24(31)11-12-25-29-17-23(33-25)20-10-9-19(26)15-21(20)27/h5-10,15,17H,3-4,11-14,16H2,1-2H3,(H,28,31). The number of carbonyl (C=O) groups is 1. The fraction of sp³-hybridized carbons (Fsp3) is 0.360. The molecule has 0 spiro atoms. The lowest BCUT2D eigenvalue weighted by Crippen LogP contribution is -2.28. The number of hydrogen-bond acceptors (Lipinski definition) is 5. The first kappa shape index (κ1) is 24.4. The Bertz CT molecular complexity index is 1050.